The number of nitrogens with two attached hydrogens (primary N) is 1. The van der Waals surface area contributed by atoms with Gasteiger partial charge >= 0.3 is 0 Å². The normalized spacial score (nSPS) is 20.4. The number of hydrogen-bond donors (Lipinski definition) is 1. The van der Waals surface area contributed by atoms with Gasteiger partial charge in [-0.25, -0.2) is 9.97 Å². The average molecular weight is 521 g/mol. The van der Waals surface area contributed by atoms with Gasteiger partial charge in [-0.05, 0) is 69.0 Å². The zero-order chi connectivity index (χ0) is 26.8. The third-order valence-corrected chi connectivity index (χ3v) is 8.52. The molecule has 8 nitrogen and oxygen atoms in total. The summed E-state index contributed by atoms with van der Waals surface area (Å²) in [5, 5.41) is 1.05. The minimum absolute atomic E-state index is 0.00754. The number of rotatable bonds is 5. The van der Waals surface area contributed by atoms with Crippen molar-refractivity contribution in [1.29, 1.82) is 0 Å². The fourth-order valence-electron chi connectivity index (χ4n) is 6.62. The highest BCUT2D eigenvalue weighted by atomic mass is 16.5. The molecule has 0 aliphatic carbocycles. The van der Waals surface area contributed by atoms with Gasteiger partial charge in [0.25, 0.3) is 5.91 Å². The van der Waals surface area contributed by atoms with Gasteiger partial charge in [-0.15, -0.1) is 0 Å². The number of carbonyl (C=O) groups excluding carboxylic acids is 1. The molecule has 6 heterocycles. The van der Waals surface area contributed by atoms with Crippen LogP contribution in [0, 0.1) is 6.92 Å². The minimum Gasteiger partial charge on any atom is -0.482 e. The van der Waals surface area contributed by atoms with E-state index in [1.807, 2.05) is 46.6 Å². The lowest BCUT2D eigenvalue weighted by Gasteiger charge is -2.23. The summed E-state index contributed by atoms with van der Waals surface area (Å²) in [6, 6.07) is 20.7. The maximum Gasteiger partial charge on any atom is 0.254 e. The first-order chi connectivity index (χ1) is 19.0. The molecule has 2 aliphatic rings. The summed E-state index contributed by atoms with van der Waals surface area (Å²) in [6.45, 7) is 4.15. The number of benzene rings is 1. The van der Waals surface area contributed by atoms with Gasteiger partial charge in [0, 0.05) is 46.5 Å². The van der Waals surface area contributed by atoms with Crippen molar-refractivity contribution in [1.82, 2.24) is 23.8 Å². The van der Waals surface area contributed by atoms with Gasteiger partial charge in [0.15, 0.2) is 5.88 Å². The smallest absolute Gasteiger partial charge is 0.254 e. The molecule has 7 rings (SSSR count). The Hall–Kier alpha value is -4.17. The van der Waals surface area contributed by atoms with Crippen LogP contribution in [0.3, 0.4) is 0 Å². The third kappa shape index (κ3) is 3.58. The molecule has 4 aromatic heterocycles. The van der Waals surface area contributed by atoms with E-state index >= 15 is 0 Å². The number of fused-ring (bicyclic) bond motifs is 4. The lowest BCUT2D eigenvalue weighted by molar-refractivity contribution is 0.0726. The van der Waals surface area contributed by atoms with Crippen LogP contribution in [0.5, 0.6) is 5.88 Å². The van der Waals surface area contributed by atoms with Crippen LogP contribution in [-0.4, -0.2) is 55.0 Å². The Labute approximate surface area is 227 Å². The summed E-state index contributed by atoms with van der Waals surface area (Å²) in [5.74, 6) is 0.588. The lowest BCUT2D eigenvalue weighted by Crippen LogP contribution is -2.40. The molecule has 0 unspecified atom stereocenters. The molecular weight excluding hydrogens is 488 g/mol. The summed E-state index contributed by atoms with van der Waals surface area (Å²) in [5.41, 5.74) is 13.2. The third-order valence-electron chi connectivity index (χ3n) is 8.52. The van der Waals surface area contributed by atoms with E-state index < -0.39 is 0 Å². The number of ether oxygens (including phenoxy) is 1. The molecule has 2 aliphatic heterocycles. The number of aromatic nitrogens is 4. The van der Waals surface area contributed by atoms with E-state index in [1.54, 1.807) is 7.11 Å². The van der Waals surface area contributed by atoms with Gasteiger partial charge in [-0.1, -0.05) is 25.1 Å². The molecule has 5 aromatic rings. The van der Waals surface area contributed by atoms with Crippen LogP contribution < -0.4 is 10.5 Å². The number of para-hydroxylation sites is 1. The first kappa shape index (κ1) is 23.9. The molecule has 2 N–H and O–H groups in total. The fourth-order valence-corrected chi connectivity index (χ4v) is 6.62. The van der Waals surface area contributed by atoms with E-state index in [-0.39, 0.29) is 24.0 Å². The SMILES string of the molecule is CCc1ccc2cc(-c3nc4cc(C(=O)N5[C@H]6CC[C@@H]5[C@H](N)C6)cc(OC)n4c3C)n(-c3ccccc3)c2n1. The van der Waals surface area contributed by atoms with Gasteiger partial charge in [0.05, 0.1) is 18.5 Å². The standard InChI is InChI=1S/C31H32N6O2/c1-4-21-11-10-19-14-26(36(30(19)33-21)22-8-6-5-7-9-22)29-18(2)35-27(34-29)15-20(16-28(35)39-3)31(38)37-23-12-13-25(37)24(32)17-23/h5-11,14-16,23-25H,4,12-13,17,32H2,1-3H3/t23-,24+,25+/m0/s1. The quantitative estimate of drug-likeness (QED) is 0.355. The van der Waals surface area contributed by atoms with Gasteiger partial charge in [-0.2, -0.15) is 0 Å². The first-order valence-electron chi connectivity index (χ1n) is 13.7. The molecule has 2 saturated heterocycles. The summed E-state index contributed by atoms with van der Waals surface area (Å²) in [7, 11) is 1.63. The predicted octanol–water partition coefficient (Wildman–Crippen LogP) is 4.92. The van der Waals surface area contributed by atoms with E-state index in [0.29, 0.717) is 17.1 Å². The second kappa shape index (κ2) is 8.95. The summed E-state index contributed by atoms with van der Waals surface area (Å²) in [4.78, 5) is 25.8. The van der Waals surface area contributed by atoms with Gasteiger partial charge in [0.1, 0.15) is 17.0 Å². The van der Waals surface area contributed by atoms with Crippen molar-refractivity contribution in [2.75, 3.05) is 7.11 Å². The van der Waals surface area contributed by atoms with Crippen molar-refractivity contribution in [3.8, 4) is 23.0 Å². The zero-order valence-corrected chi connectivity index (χ0v) is 22.5. The molecule has 0 spiro atoms. The van der Waals surface area contributed by atoms with Crippen LogP contribution in [0.25, 0.3) is 33.8 Å². The van der Waals surface area contributed by atoms with Crippen molar-refractivity contribution in [2.45, 2.75) is 57.7 Å². The first-order valence-corrected chi connectivity index (χ1v) is 13.7. The maximum absolute atomic E-state index is 13.7. The number of hydrogen-bond acceptors (Lipinski definition) is 5. The molecule has 0 radical (unpaired) electrons. The highest BCUT2D eigenvalue weighted by Crippen LogP contribution is 2.39. The highest BCUT2D eigenvalue weighted by Gasteiger charge is 2.47. The molecule has 8 heteroatoms. The monoisotopic (exact) mass is 520 g/mol. The van der Waals surface area contributed by atoms with Crippen molar-refractivity contribution in [2.24, 2.45) is 5.73 Å². The van der Waals surface area contributed by atoms with Crippen LogP contribution >= 0.6 is 0 Å². The van der Waals surface area contributed by atoms with Crippen LogP contribution in [0.1, 0.15) is 47.9 Å². The largest absolute Gasteiger partial charge is 0.482 e. The van der Waals surface area contributed by atoms with Gasteiger partial charge < -0.3 is 15.4 Å². The molecule has 3 atom stereocenters. The number of pyridine rings is 2. The lowest BCUT2D eigenvalue weighted by atomic mass is 9.97. The number of imidazole rings is 1. The van der Waals surface area contributed by atoms with Crippen LogP contribution in [0.2, 0.25) is 0 Å². The summed E-state index contributed by atoms with van der Waals surface area (Å²) < 4.78 is 9.97. The predicted molar refractivity (Wildman–Crippen MR) is 151 cm³/mol. The van der Waals surface area contributed by atoms with Crippen molar-refractivity contribution < 1.29 is 9.53 Å². The number of carbonyl (C=O) groups is 1. The van der Waals surface area contributed by atoms with E-state index in [9.17, 15) is 4.79 Å². The highest BCUT2D eigenvalue weighted by molar-refractivity contribution is 5.97. The Morgan fingerprint density at radius 1 is 1.08 bits per heavy atom. The Morgan fingerprint density at radius 2 is 1.90 bits per heavy atom. The molecule has 2 bridgehead atoms. The molecular formula is C31H32N6O2. The topological polar surface area (TPSA) is 90.7 Å². The van der Waals surface area contributed by atoms with Crippen molar-refractivity contribution in [3.63, 3.8) is 0 Å². The Kier molecular flexibility index (Phi) is 5.49. The second-order valence-corrected chi connectivity index (χ2v) is 10.7. The van der Waals surface area contributed by atoms with Gasteiger partial charge in [-0.3, -0.25) is 13.8 Å². The van der Waals surface area contributed by atoms with Crippen LogP contribution in [-0.2, 0) is 6.42 Å². The summed E-state index contributed by atoms with van der Waals surface area (Å²) >= 11 is 0. The van der Waals surface area contributed by atoms with E-state index in [1.165, 1.54) is 0 Å². The fraction of sp³-hybridized carbons (Fsp3) is 0.323. The maximum atomic E-state index is 13.7. The van der Waals surface area contributed by atoms with Crippen LogP contribution in [0.4, 0.5) is 0 Å². The Balaban J connectivity index is 1.41. The van der Waals surface area contributed by atoms with E-state index in [4.69, 9.17) is 20.4 Å². The van der Waals surface area contributed by atoms with Crippen molar-refractivity contribution >= 4 is 22.6 Å². The molecule has 2 fully saturated rings. The van der Waals surface area contributed by atoms with Crippen molar-refractivity contribution in [3.05, 3.63) is 77.6 Å². The Bertz CT molecular complexity index is 1740. The van der Waals surface area contributed by atoms with Gasteiger partial charge in [0.2, 0.25) is 0 Å². The Morgan fingerprint density at radius 3 is 2.59 bits per heavy atom. The second-order valence-electron chi connectivity index (χ2n) is 10.7. The molecule has 1 amide bonds. The van der Waals surface area contributed by atoms with Crippen LogP contribution in [0.15, 0.2) is 60.7 Å². The number of amides is 1. The molecule has 198 valence electrons. The molecule has 1 aromatic carbocycles. The molecule has 0 saturated carbocycles. The summed E-state index contributed by atoms with van der Waals surface area (Å²) in [6.07, 6.45) is 3.73. The van der Waals surface area contributed by atoms with E-state index in [2.05, 4.69) is 41.8 Å². The van der Waals surface area contributed by atoms with E-state index in [0.717, 1.165) is 65.2 Å². The average Bonchev–Trinajstić information content (AvgIpc) is 3.71. The number of nitrogens with zero attached hydrogens (tertiary/aromatic N) is 5. The zero-order valence-electron chi connectivity index (χ0n) is 22.5. The number of methoxy groups -OCH3 is 1. The minimum atomic E-state index is 0.00754. The molecule has 39 heavy (non-hydrogen) atoms. The number of aryl methyl sites for hydroxylation is 2.